The number of benzene rings is 1. The van der Waals surface area contributed by atoms with Crippen molar-refractivity contribution in [3.63, 3.8) is 0 Å². The van der Waals surface area contributed by atoms with Crippen LogP contribution in [-0.4, -0.2) is 41.3 Å². The van der Waals surface area contributed by atoms with Crippen LogP contribution in [0.25, 0.3) is 16.7 Å². The third kappa shape index (κ3) is 4.61. The first kappa shape index (κ1) is 20.3. The minimum Gasteiger partial charge on any atom is -0.351 e. The molecule has 1 aromatic carbocycles. The van der Waals surface area contributed by atoms with Gasteiger partial charge >= 0.3 is 0 Å². The summed E-state index contributed by atoms with van der Waals surface area (Å²) in [4.78, 5) is 9.04. The number of hydrogen-bond acceptors (Lipinski definition) is 6. The second-order valence-electron chi connectivity index (χ2n) is 7.69. The quantitative estimate of drug-likeness (QED) is 0.629. The van der Waals surface area contributed by atoms with Crippen LogP contribution in [0.3, 0.4) is 0 Å². The van der Waals surface area contributed by atoms with Crippen molar-refractivity contribution in [2.45, 2.75) is 44.2 Å². The lowest BCUT2D eigenvalue weighted by Gasteiger charge is -2.29. The second-order valence-corrected chi connectivity index (χ2v) is 9.47. The van der Waals surface area contributed by atoms with Crippen LogP contribution in [-0.2, 0) is 16.4 Å². The molecule has 4 rings (SSSR count). The van der Waals surface area contributed by atoms with Gasteiger partial charge in [0, 0.05) is 29.9 Å². The van der Waals surface area contributed by atoms with Crippen LogP contribution >= 0.6 is 0 Å². The van der Waals surface area contributed by atoms with Gasteiger partial charge in [0.15, 0.2) is 0 Å². The van der Waals surface area contributed by atoms with Gasteiger partial charge in [-0.25, -0.2) is 18.1 Å². The van der Waals surface area contributed by atoms with E-state index in [9.17, 15) is 8.42 Å². The van der Waals surface area contributed by atoms with Crippen molar-refractivity contribution in [1.82, 2.24) is 19.3 Å². The molecule has 2 aromatic heterocycles. The molecule has 0 bridgehead atoms. The van der Waals surface area contributed by atoms with Gasteiger partial charge in [-0.3, -0.25) is 0 Å². The smallest absolute Gasteiger partial charge is 0.224 e. The molecule has 9 heteroatoms. The van der Waals surface area contributed by atoms with Crippen molar-refractivity contribution < 1.29 is 8.42 Å². The first-order valence-corrected chi connectivity index (χ1v) is 11.9. The van der Waals surface area contributed by atoms with E-state index >= 15 is 0 Å². The highest BCUT2D eigenvalue weighted by atomic mass is 32.2. The zero-order valence-electron chi connectivity index (χ0n) is 16.7. The van der Waals surface area contributed by atoms with Gasteiger partial charge < -0.3 is 9.88 Å². The number of anilines is 1. The SMILES string of the molecule is CS(=O)(=O)NC1CCC(Nc2nccc(-n3ccc4c(CC#N)cccc43)n2)CC1. The van der Waals surface area contributed by atoms with Gasteiger partial charge in [0.2, 0.25) is 16.0 Å². The normalized spacial score (nSPS) is 19.5. The molecule has 0 amide bonds. The van der Waals surface area contributed by atoms with Crippen molar-refractivity contribution in [3.8, 4) is 11.9 Å². The first-order valence-electron chi connectivity index (χ1n) is 9.96. The molecule has 3 aromatic rings. The number of aromatic nitrogens is 3. The Morgan fingerprint density at radius 1 is 1.17 bits per heavy atom. The topological polar surface area (TPSA) is 113 Å². The van der Waals surface area contributed by atoms with Crippen molar-refractivity contribution in [3.05, 3.63) is 48.3 Å². The van der Waals surface area contributed by atoms with Gasteiger partial charge in [0.05, 0.1) is 24.3 Å². The highest BCUT2D eigenvalue weighted by Crippen LogP contribution is 2.25. The fourth-order valence-corrected chi connectivity index (χ4v) is 4.91. The Bertz CT molecular complexity index is 1190. The zero-order chi connectivity index (χ0) is 21.1. The largest absolute Gasteiger partial charge is 0.351 e. The maximum Gasteiger partial charge on any atom is 0.224 e. The summed E-state index contributed by atoms with van der Waals surface area (Å²) < 4.78 is 27.5. The molecule has 1 aliphatic rings. The number of hydrogen-bond donors (Lipinski definition) is 2. The van der Waals surface area contributed by atoms with E-state index in [0.717, 1.165) is 48.0 Å². The van der Waals surface area contributed by atoms with E-state index in [-0.39, 0.29) is 12.1 Å². The monoisotopic (exact) mass is 424 g/mol. The molecule has 0 spiro atoms. The van der Waals surface area contributed by atoms with Crippen LogP contribution in [0.2, 0.25) is 0 Å². The molecule has 8 nitrogen and oxygen atoms in total. The first-order chi connectivity index (χ1) is 14.4. The van der Waals surface area contributed by atoms with Gasteiger partial charge in [-0.2, -0.15) is 10.2 Å². The molecular weight excluding hydrogens is 400 g/mol. The van der Waals surface area contributed by atoms with Crippen molar-refractivity contribution in [2.75, 3.05) is 11.6 Å². The molecule has 1 aliphatic carbocycles. The standard InChI is InChI=1S/C21H24N6O2S/c1-30(28,29)26-17-7-5-16(6-8-17)24-21-23-13-10-20(25-21)27-14-11-18-15(9-12-22)3-2-4-19(18)27/h2-4,10-11,13-14,16-17,26H,5-9H2,1H3,(H,23,24,25). The molecule has 30 heavy (non-hydrogen) atoms. The molecule has 1 fully saturated rings. The Labute approximate surface area is 176 Å². The highest BCUT2D eigenvalue weighted by molar-refractivity contribution is 7.88. The number of nitrogens with zero attached hydrogens (tertiary/aromatic N) is 4. The lowest BCUT2D eigenvalue weighted by Crippen LogP contribution is -2.39. The summed E-state index contributed by atoms with van der Waals surface area (Å²) in [5.41, 5.74) is 2.00. The summed E-state index contributed by atoms with van der Waals surface area (Å²) in [6.45, 7) is 0. The predicted octanol–water partition coefficient (Wildman–Crippen LogP) is 2.76. The average Bonchev–Trinajstić information content (AvgIpc) is 3.14. The van der Waals surface area contributed by atoms with Crippen molar-refractivity contribution >= 4 is 26.9 Å². The highest BCUT2D eigenvalue weighted by Gasteiger charge is 2.23. The van der Waals surface area contributed by atoms with E-state index < -0.39 is 10.0 Å². The number of nitrogens with one attached hydrogen (secondary N) is 2. The van der Waals surface area contributed by atoms with Crippen LogP contribution in [0.5, 0.6) is 0 Å². The summed E-state index contributed by atoms with van der Waals surface area (Å²) in [5, 5.41) is 13.5. The molecule has 0 radical (unpaired) electrons. The van der Waals surface area contributed by atoms with Crippen molar-refractivity contribution in [2.24, 2.45) is 0 Å². The Hall–Kier alpha value is -2.96. The number of sulfonamides is 1. The predicted molar refractivity (Wildman–Crippen MR) is 116 cm³/mol. The summed E-state index contributed by atoms with van der Waals surface area (Å²) in [6.07, 6.45) is 8.53. The van der Waals surface area contributed by atoms with E-state index in [2.05, 4.69) is 26.1 Å². The fraction of sp³-hybridized carbons (Fsp3) is 0.381. The van der Waals surface area contributed by atoms with Crippen LogP contribution in [0.1, 0.15) is 31.2 Å². The van der Waals surface area contributed by atoms with E-state index in [0.29, 0.717) is 12.4 Å². The maximum absolute atomic E-state index is 11.4. The molecule has 0 unspecified atom stereocenters. The molecule has 2 heterocycles. The molecular formula is C21H24N6O2S. The van der Waals surface area contributed by atoms with Gasteiger partial charge in [-0.1, -0.05) is 12.1 Å². The average molecular weight is 425 g/mol. The van der Waals surface area contributed by atoms with Crippen LogP contribution < -0.4 is 10.0 Å². The van der Waals surface area contributed by atoms with Crippen LogP contribution in [0.15, 0.2) is 42.7 Å². The zero-order valence-corrected chi connectivity index (χ0v) is 17.6. The second kappa shape index (κ2) is 8.42. The molecule has 0 atom stereocenters. The Kier molecular flexibility index (Phi) is 5.70. The van der Waals surface area contributed by atoms with Crippen LogP contribution in [0, 0.1) is 11.3 Å². The third-order valence-electron chi connectivity index (χ3n) is 5.42. The number of fused-ring (bicyclic) bond motifs is 1. The van der Waals surface area contributed by atoms with Gasteiger partial charge in [0.1, 0.15) is 5.82 Å². The lowest BCUT2D eigenvalue weighted by atomic mass is 9.92. The number of nitriles is 1. The van der Waals surface area contributed by atoms with Crippen LogP contribution in [0.4, 0.5) is 5.95 Å². The summed E-state index contributed by atoms with van der Waals surface area (Å²) in [7, 11) is -3.17. The third-order valence-corrected chi connectivity index (χ3v) is 6.18. The summed E-state index contributed by atoms with van der Waals surface area (Å²) >= 11 is 0. The molecule has 0 saturated heterocycles. The minimum absolute atomic E-state index is 0.000789. The Morgan fingerprint density at radius 2 is 1.93 bits per heavy atom. The molecule has 156 valence electrons. The van der Waals surface area contributed by atoms with Crippen molar-refractivity contribution in [1.29, 1.82) is 5.26 Å². The van der Waals surface area contributed by atoms with E-state index in [1.807, 2.05) is 41.1 Å². The van der Waals surface area contributed by atoms with Gasteiger partial charge in [-0.05, 0) is 49.4 Å². The minimum atomic E-state index is -3.17. The van der Waals surface area contributed by atoms with Gasteiger partial charge in [0.25, 0.3) is 0 Å². The van der Waals surface area contributed by atoms with Gasteiger partial charge in [-0.15, -0.1) is 0 Å². The molecule has 1 saturated carbocycles. The van der Waals surface area contributed by atoms with E-state index in [4.69, 9.17) is 5.26 Å². The Balaban J connectivity index is 1.49. The fourth-order valence-electron chi connectivity index (χ4n) is 4.06. The maximum atomic E-state index is 11.4. The van der Waals surface area contributed by atoms with E-state index in [1.54, 1.807) is 6.20 Å². The molecule has 2 N–H and O–H groups in total. The molecule has 0 aliphatic heterocycles. The number of rotatable bonds is 6. The van der Waals surface area contributed by atoms with E-state index in [1.165, 1.54) is 6.26 Å². The lowest BCUT2D eigenvalue weighted by molar-refractivity contribution is 0.387. The summed E-state index contributed by atoms with van der Waals surface area (Å²) in [6, 6.07) is 12.2. The Morgan fingerprint density at radius 3 is 2.67 bits per heavy atom. The summed E-state index contributed by atoms with van der Waals surface area (Å²) in [5.74, 6) is 1.31.